The van der Waals surface area contributed by atoms with Crippen molar-refractivity contribution in [3.63, 3.8) is 0 Å². The summed E-state index contributed by atoms with van der Waals surface area (Å²) in [5, 5.41) is 3.15. The monoisotopic (exact) mass is 247 g/mol. The third kappa shape index (κ3) is 3.25. The van der Waals surface area contributed by atoms with E-state index in [0.29, 0.717) is 12.3 Å². The summed E-state index contributed by atoms with van der Waals surface area (Å²) < 4.78 is 5.16. The van der Waals surface area contributed by atoms with Gasteiger partial charge in [0.15, 0.2) is 0 Å². The van der Waals surface area contributed by atoms with Crippen molar-refractivity contribution >= 4 is 5.91 Å². The maximum atomic E-state index is 11.7. The standard InChI is InChI=1S/C15H21NO2/c1-3-4-14(17)16-15(11-5-6-11)12-7-9-13(18-2)10-8-12/h7-11,15H,3-6H2,1-2H3,(H,16,17)/t15-/m1/s1. The molecule has 1 saturated carbocycles. The largest absolute Gasteiger partial charge is 0.497 e. The summed E-state index contributed by atoms with van der Waals surface area (Å²) in [6.45, 7) is 2.03. The molecule has 0 bridgehead atoms. The molecule has 1 aromatic carbocycles. The highest BCUT2D eigenvalue weighted by Gasteiger charge is 2.33. The van der Waals surface area contributed by atoms with E-state index in [2.05, 4.69) is 5.32 Å². The Morgan fingerprint density at radius 3 is 2.56 bits per heavy atom. The lowest BCUT2D eigenvalue weighted by Gasteiger charge is -2.19. The van der Waals surface area contributed by atoms with E-state index in [1.807, 2.05) is 31.2 Å². The summed E-state index contributed by atoms with van der Waals surface area (Å²) >= 11 is 0. The second kappa shape index (κ2) is 5.89. The van der Waals surface area contributed by atoms with Gasteiger partial charge in [0, 0.05) is 6.42 Å². The van der Waals surface area contributed by atoms with Crippen molar-refractivity contribution in [3.8, 4) is 5.75 Å². The van der Waals surface area contributed by atoms with Crippen LogP contribution in [0.4, 0.5) is 0 Å². The van der Waals surface area contributed by atoms with E-state index < -0.39 is 0 Å². The number of hydrogen-bond donors (Lipinski definition) is 1. The average Bonchev–Trinajstić information content (AvgIpc) is 3.21. The fraction of sp³-hybridized carbons (Fsp3) is 0.533. The molecule has 0 spiro atoms. The van der Waals surface area contributed by atoms with E-state index in [0.717, 1.165) is 12.2 Å². The first kappa shape index (κ1) is 12.9. The van der Waals surface area contributed by atoms with Crippen LogP contribution in [0.25, 0.3) is 0 Å². The highest BCUT2D eigenvalue weighted by molar-refractivity contribution is 5.76. The molecule has 1 aliphatic rings. The van der Waals surface area contributed by atoms with Crippen LogP contribution in [0.3, 0.4) is 0 Å². The molecule has 18 heavy (non-hydrogen) atoms. The van der Waals surface area contributed by atoms with Gasteiger partial charge >= 0.3 is 0 Å². The van der Waals surface area contributed by atoms with Crippen molar-refractivity contribution in [2.24, 2.45) is 5.92 Å². The first-order valence-corrected chi connectivity index (χ1v) is 6.68. The number of rotatable bonds is 6. The Labute approximate surface area is 109 Å². The van der Waals surface area contributed by atoms with Crippen molar-refractivity contribution in [2.75, 3.05) is 7.11 Å². The Hall–Kier alpha value is -1.51. The number of amides is 1. The van der Waals surface area contributed by atoms with Crippen LogP contribution in [0.1, 0.15) is 44.2 Å². The highest BCUT2D eigenvalue weighted by Crippen LogP contribution is 2.41. The van der Waals surface area contributed by atoms with Crippen LogP contribution in [0, 0.1) is 5.92 Å². The molecule has 0 saturated heterocycles. The van der Waals surface area contributed by atoms with Crippen LogP contribution in [-0.4, -0.2) is 13.0 Å². The third-order valence-electron chi connectivity index (χ3n) is 3.36. The van der Waals surface area contributed by atoms with Crippen molar-refractivity contribution in [2.45, 2.75) is 38.6 Å². The van der Waals surface area contributed by atoms with E-state index >= 15 is 0 Å². The SMILES string of the molecule is CCCC(=O)N[C@@H](c1ccc(OC)cc1)C1CC1. The van der Waals surface area contributed by atoms with E-state index in [1.165, 1.54) is 18.4 Å². The number of carbonyl (C=O) groups excluding carboxylic acids is 1. The molecule has 0 aliphatic heterocycles. The van der Waals surface area contributed by atoms with Crippen molar-refractivity contribution in [1.29, 1.82) is 0 Å². The number of nitrogens with one attached hydrogen (secondary N) is 1. The molecule has 1 aliphatic carbocycles. The van der Waals surface area contributed by atoms with Crippen molar-refractivity contribution in [3.05, 3.63) is 29.8 Å². The number of benzene rings is 1. The number of methoxy groups -OCH3 is 1. The highest BCUT2D eigenvalue weighted by atomic mass is 16.5. The van der Waals surface area contributed by atoms with Crippen molar-refractivity contribution < 1.29 is 9.53 Å². The van der Waals surface area contributed by atoms with Gasteiger partial charge in [0.25, 0.3) is 0 Å². The summed E-state index contributed by atoms with van der Waals surface area (Å²) in [5.41, 5.74) is 1.18. The average molecular weight is 247 g/mol. The second-order valence-corrected chi connectivity index (χ2v) is 4.91. The minimum Gasteiger partial charge on any atom is -0.497 e. The zero-order chi connectivity index (χ0) is 13.0. The quantitative estimate of drug-likeness (QED) is 0.839. The van der Waals surface area contributed by atoms with Gasteiger partial charge in [-0.15, -0.1) is 0 Å². The first-order chi connectivity index (χ1) is 8.74. The lowest BCUT2D eigenvalue weighted by molar-refractivity contribution is -0.122. The zero-order valence-corrected chi connectivity index (χ0v) is 11.1. The first-order valence-electron chi connectivity index (χ1n) is 6.68. The Bertz CT molecular complexity index is 395. The minimum absolute atomic E-state index is 0.158. The van der Waals surface area contributed by atoms with Gasteiger partial charge < -0.3 is 10.1 Å². The molecular weight excluding hydrogens is 226 g/mol. The van der Waals surface area contributed by atoms with Crippen LogP contribution in [-0.2, 0) is 4.79 Å². The maximum Gasteiger partial charge on any atom is 0.220 e. The number of hydrogen-bond acceptors (Lipinski definition) is 2. The molecule has 98 valence electrons. The van der Waals surface area contributed by atoms with Gasteiger partial charge in [-0.3, -0.25) is 4.79 Å². The van der Waals surface area contributed by atoms with Crippen LogP contribution in [0.2, 0.25) is 0 Å². The normalized spacial score (nSPS) is 16.1. The van der Waals surface area contributed by atoms with Crippen LogP contribution >= 0.6 is 0 Å². The van der Waals surface area contributed by atoms with Crippen molar-refractivity contribution in [1.82, 2.24) is 5.32 Å². The zero-order valence-electron chi connectivity index (χ0n) is 11.1. The molecule has 0 radical (unpaired) electrons. The summed E-state index contributed by atoms with van der Waals surface area (Å²) in [4.78, 5) is 11.7. The predicted molar refractivity (Wildman–Crippen MR) is 71.5 cm³/mol. The molecule has 1 N–H and O–H groups in total. The molecular formula is C15H21NO2. The van der Waals surface area contributed by atoms with Crippen LogP contribution < -0.4 is 10.1 Å². The van der Waals surface area contributed by atoms with Gasteiger partial charge in [-0.1, -0.05) is 19.1 Å². The van der Waals surface area contributed by atoms with Crippen LogP contribution in [0.15, 0.2) is 24.3 Å². The van der Waals surface area contributed by atoms with E-state index in [9.17, 15) is 4.79 Å². The summed E-state index contributed by atoms with van der Waals surface area (Å²) in [7, 11) is 1.66. The molecule has 0 heterocycles. The molecule has 3 heteroatoms. The topological polar surface area (TPSA) is 38.3 Å². The summed E-state index contributed by atoms with van der Waals surface area (Å²) in [5.74, 6) is 1.62. The lowest BCUT2D eigenvalue weighted by atomic mass is 10.0. The summed E-state index contributed by atoms with van der Waals surface area (Å²) in [6.07, 6.45) is 3.93. The number of carbonyl (C=O) groups is 1. The molecule has 1 atom stereocenters. The lowest BCUT2D eigenvalue weighted by Crippen LogP contribution is -2.29. The molecule has 1 aromatic rings. The Kier molecular flexibility index (Phi) is 4.24. The molecule has 3 nitrogen and oxygen atoms in total. The Balaban J connectivity index is 2.06. The van der Waals surface area contributed by atoms with Gasteiger partial charge in [0.05, 0.1) is 13.2 Å². The number of ether oxygens (including phenoxy) is 1. The van der Waals surface area contributed by atoms with Gasteiger partial charge in [0.2, 0.25) is 5.91 Å². The molecule has 1 amide bonds. The minimum atomic E-state index is 0.158. The van der Waals surface area contributed by atoms with E-state index in [-0.39, 0.29) is 11.9 Å². The molecule has 0 unspecified atom stereocenters. The fourth-order valence-corrected chi connectivity index (χ4v) is 2.19. The Morgan fingerprint density at radius 2 is 2.06 bits per heavy atom. The molecule has 2 rings (SSSR count). The third-order valence-corrected chi connectivity index (χ3v) is 3.36. The molecule has 1 fully saturated rings. The second-order valence-electron chi connectivity index (χ2n) is 4.91. The molecule has 0 aromatic heterocycles. The predicted octanol–water partition coefficient (Wildman–Crippen LogP) is 3.06. The van der Waals surface area contributed by atoms with Gasteiger partial charge in [-0.25, -0.2) is 0 Å². The van der Waals surface area contributed by atoms with Crippen LogP contribution in [0.5, 0.6) is 5.75 Å². The summed E-state index contributed by atoms with van der Waals surface area (Å²) in [6, 6.07) is 8.19. The maximum absolute atomic E-state index is 11.7. The van der Waals surface area contributed by atoms with E-state index in [4.69, 9.17) is 4.74 Å². The van der Waals surface area contributed by atoms with Gasteiger partial charge in [-0.2, -0.15) is 0 Å². The van der Waals surface area contributed by atoms with Gasteiger partial charge in [0.1, 0.15) is 5.75 Å². The fourth-order valence-electron chi connectivity index (χ4n) is 2.19. The Morgan fingerprint density at radius 1 is 1.39 bits per heavy atom. The van der Waals surface area contributed by atoms with E-state index in [1.54, 1.807) is 7.11 Å². The van der Waals surface area contributed by atoms with Gasteiger partial charge in [-0.05, 0) is 42.9 Å². The smallest absolute Gasteiger partial charge is 0.220 e.